The highest BCUT2D eigenvalue weighted by Crippen LogP contribution is 2.26. The summed E-state index contributed by atoms with van der Waals surface area (Å²) in [6.45, 7) is 2.89. The van der Waals surface area contributed by atoms with Gasteiger partial charge in [-0.2, -0.15) is 4.31 Å². The Morgan fingerprint density at radius 3 is 2.86 bits per heavy atom. The summed E-state index contributed by atoms with van der Waals surface area (Å²) in [5.74, 6) is 0. The molecule has 2 aromatic heterocycles. The number of aromatic nitrogens is 1. The highest BCUT2D eigenvalue weighted by atomic mass is 79.9. The van der Waals surface area contributed by atoms with Crippen LogP contribution in [-0.2, 0) is 16.6 Å². The zero-order valence-electron chi connectivity index (χ0n) is 11.7. The third kappa shape index (κ3) is 3.82. The molecular weight excluding hydrogens is 374 g/mol. The third-order valence-corrected chi connectivity index (χ3v) is 6.25. The molecule has 0 saturated heterocycles. The van der Waals surface area contributed by atoms with E-state index in [4.69, 9.17) is 0 Å². The smallest absolute Gasteiger partial charge is 0.246 e. The number of nitrogens with zero attached hydrogens (tertiary/aromatic N) is 2. The van der Waals surface area contributed by atoms with Gasteiger partial charge in [0.2, 0.25) is 10.0 Å². The second-order valence-corrected chi connectivity index (χ2v) is 8.73. The van der Waals surface area contributed by atoms with Crippen LogP contribution in [0, 0.1) is 0 Å². The molecule has 0 unspecified atom stereocenters. The lowest BCUT2D eigenvalue weighted by Crippen LogP contribution is -2.27. The first-order valence-corrected chi connectivity index (χ1v) is 9.43. The number of thiophene rings is 1. The second-order valence-electron chi connectivity index (χ2n) is 4.42. The van der Waals surface area contributed by atoms with E-state index in [9.17, 15) is 8.42 Å². The van der Waals surface area contributed by atoms with E-state index in [2.05, 4.69) is 26.2 Å². The molecule has 8 heteroatoms. The normalized spacial score (nSPS) is 11.8. The minimum atomic E-state index is -3.58. The summed E-state index contributed by atoms with van der Waals surface area (Å²) in [4.78, 5) is 4.13. The minimum Gasteiger partial charge on any atom is -0.384 e. The maximum absolute atomic E-state index is 12.7. The number of sulfonamides is 1. The molecule has 0 aliphatic carbocycles. The number of nitrogens with one attached hydrogen (secondary N) is 1. The molecule has 21 heavy (non-hydrogen) atoms. The standard InChI is InChI=1S/C13H16BrN3O2S2/c1-3-16-11-4-5-15-7-12(11)21(18,19)17(2)8-10-6-13(14)20-9-10/h4-7,9H,3,8H2,1-2H3,(H,15,16). The summed E-state index contributed by atoms with van der Waals surface area (Å²) < 4.78 is 27.7. The van der Waals surface area contributed by atoms with Crippen molar-refractivity contribution in [2.24, 2.45) is 0 Å². The number of hydrogen-bond acceptors (Lipinski definition) is 5. The number of pyridine rings is 1. The van der Waals surface area contributed by atoms with Gasteiger partial charge in [-0.25, -0.2) is 8.42 Å². The number of halogens is 1. The van der Waals surface area contributed by atoms with Gasteiger partial charge in [0.25, 0.3) is 0 Å². The number of anilines is 1. The monoisotopic (exact) mass is 389 g/mol. The summed E-state index contributed by atoms with van der Waals surface area (Å²) in [6, 6.07) is 3.59. The van der Waals surface area contributed by atoms with Crippen molar-refractivity contribution in [3.63, 3.8) is 0 Å². The average Bonchev–Trinajstić information content (AvgIpc) is 2.85. The van der Waals surface area contributed by atoms with Crippen LogP contribution in [0.2, 0.25) is 0 Å². The molecule has 0 bridgehead atoms. The first kappa shape index (κ1) is 16.4. The van der Waals surface area contributed by atoms with E-state index in [0.29, 0.717) is 18.8 Å². The molecular formula is C13H16BrN3O2S2. The summed E-state index contributed by atoms with van der Waals surface area (Å²) >= 11 is 4.91. The molecule has 2 heterocycles. The predicted octanol–water partition coefficient (Wildman–Crippen LogP) is 3.16. The van der Waals surface area contributed by atoms with Gasteiger partial charge in [0.15, 0.2) is 0 Å². The summed E-state index contributed by atoms with van der Waals surface area (Å²) in [5, 5.41) is 4.99. The molecule has 2 aromatic rings. The van der Waals surface area contributed by atoms with Crippen molar-refractivity contribution >= 4 is 43.0 Å². The van der Waals surface area contributed by atoms with Crippen molar-refractivity contribution in [3.05, 3.63) is 39.3 Å². The van der Waals surface area contributed by atoms with Crippen LogP contribution >= 0.6 is 27.3 Å². The SMILES string of the molecule is CCNc1ccncc1S(=O)(=O)N(C)Cc1csc(Br)c1. The second kappa shape index (κ2) is 6.87. The number of rotatable bonds is 6. The Bertz CT molecular complexity index is 716. The van der Waals surface area contributed by atoms with Gasteiger partial charge in [-0.05, 0) is 45.9 Å². The lowest BCUT2D eigenvalue weighted by atomic mass is 10.3. The first-order valence-electron chi connectivity index (χ1n) is 6.32. The molecule has 0 aliphatic rings. The predicted molar refractivity (Wildman–Crippen MR) is 89.1 cm³/mol. The quantitative estimate of drug-likeness (QED) is 0.823. The Kier molecular flexibility index (Phi) is 5.37. The Morgan fingerprint density at radius 1 is 1.48 bits per heavy atom. The van der Waals surface area contributed by atoms with Gasteiger partial charge in [0, 0.05) is 32.5 Å². The largest absolute Gasteiger partial charge is 0.384 e. The molecule has 0 radical (unpaired) electrons. The third-order valence-electron chi connectivity index (χ3n) is 2.87. The fourth-order valence-electron chi connectivity index (χ4n) is 1.86. The van der Waals surface area contributed by atoms with Crippen molar-refractivity contribution in [3.8, 4) is 0 Å². The molecule has 1 N–H and O–H groups in total. The van der Waals surface area contributed by atoms with Crippen molar-refractivity contribution in [2.45, 2.75) is 18.4 Å². The zero-order chi connectivity index (χ0) is 15.5. The fraction of sp³-hybridized carbons (Fsp3) is 0.308. The molecule has 5 nitrogen and oxygen atoms in total. The van der Waals surface area contributed by atoms with Crippen LogP contribution in [-0.4, -0.2) is 31.3 Å². The van der Waals surface area contributed by atoms with E-state index in [1.54, 1.807) is 19.3 Å². The van der Waals surface area contributed by atoms with E-state index >= 15 is 0 Å². The maximum Gasteiger partial charge on any atom is 0.246 e. The van der Waals surface area contributed by atoms with Gasteiger partial charge < -0.3 is 5.32 Å². The fourth-order valence-corrected chi connectivity index (χ4v) is 4.33. The Balaban J connectivity index is 2.28. The topological polar surface area (TPSA) is 62.3 Å². The van der Waals surface area contributed by atoms with Crippen LogP contribution in [0.4, 0.5) is 5.69 Å². The van der Waals surface area contributed by atoms with E-state index in [1.807, 2.05) is 18.4 Å². The molecule has 0 spiro atoms. The highest BCUT2D eigenvalue weighted by Gasteiger charge is 2.24. The Labute approximate surface area is 137 Å². The van der Waals surface area contributed by atoms with Crippen molar-refractivity contribution in [1.82, 2.24) is 9.29 Å². The van der Waals surface area contributed by atoms with Gasteiger partial charge in [0.1, 0.15) is 4.90 Å². The van der Waals surface area contributed by atoms with Crippen molar-refractivity contribution in [1.29, 1.82) is 0 Å². The molecule has 0 fully saturated rings. The zero-order valence-corrected chi connectivity index (χ0v) is 14.9. The van der Waals surface area contributed by atoms with Crippen LogP contribution in [0.3, 0.4) is 0 Å². The van der Waals surface area contributed by atoms with E-state index < -0.39 is 10.0 Å². The summed E-state index contributed by atoms with van der Waals surface area (Å²) in [7, 11) is -2.01. The van der Waals surface area contributed by atoms with Crippen LogP contribution in [0.5, 0.6) is 0 Å². The van der Waals surface area contributed by atoms with Crippen LogP contribution in [0.15, 0.2) is 38.6 Å². The van der Waals surface area contributed by atoms with Gasteiger partial charge >= 0.3 is 0 Å². The van der Waals surface area contributed by atoms with Crippen LogP contribution in [0.25, 0.3) is 0 Å². The molecule has 0 aliphatic heterocycles. The van der Waals surface area contributed by atoms with Gasteiger partial charge in [0.05, 0.1) is 9.47 Å². The Hall–Kier alpha value is -0.960. The van der Waals surface area contributed by atoms with Gasteiger partial charge in [-0.3, -0.25) is 4.98 Å². The van der Waals surface area contributed by atoms with Crippen LogP contribution < -0.4 is 5.32 Å². The first-order chi connectivity index (χ1) is 9.95. The average molecular weight is 390 g/mol. The van der Waals surface area contributed by atoms with E-state index in [-0.39, 0.29) is 4.90 Å². The summed E-state index contributed by atoms with van der Waals surface area (Å²) in [5.41, 5.74) is 1.53. The molecule has 0 amide bonds. The lowest BCUT2D eigenvalue weighted by Gasteiger charge is -2.18. The molecule has 114 valence electrons. The van der Waals surface area contributed by atoms with Crippen LogP contribution in [0.1, 0.15) is 12.5 Å². The maximum atomic E-state index is 12.7. The van der Waals surface area contributed by atoms with Gasteiger partial charge in [-0.15, -0.1) is 11.3 Å². The number of hydrogen-bond donors (Lipinski definition) is 1. The molecule has 2 rings (SSSR count). The molecule has 0 atom stereocenters. The van der Waals surface area contributed by atoms with E-state index in [0.717, 1.165) is 9.35 Å². The van der Waals surface area contributed by atoms with E-state index in [1.165, 1.54) is 21.8 Å². The molecule has 0 saturated carbocycles. The minimum absolute atomic E-state index is 0.198. The van der Waals surface area contributed by atoms with Crippen molar-refractivity contribution in [2.75, 3.05) is 18.9 Å². The molecule has 0 aromatic carbocycles. The highest BCUT2D eigenvalue weighted by molar-refractivity contribution is 9.11. The summed E-state index contributed by atoms with van der Waals surface area (Å²) in [6.07, 6.45) is 2.96. The lowest BCUT2D eigenvalue weighted by molar-refractivity contribution is 0.467. The van der Waals surface area contributed by atoms with Gasteiger partial charge in [-0.1, -0.05) is 0 Å². The Morgan fingerprint density at radius 2 is 2.24 bits per heavy atom. The van der Waals surface area contributed by atoms with Crippen molar-refractivity contribution < 1.29 is 8.42 Å².